The van der Waals surface area contributed by atoms with Gasteiger partial charge in [0, 0.05) is 25.1 Å². The fourth-order valence-electron chi connectivity index (χ4n) is 4.48. The number of hydrogen-bond acceptors (Lipinski definition) is 4. The van der Waals surface area contributed by atoms with E-state index in [0.29, 0.717) is 19.3 Å². The molecule has 2 N–H and O–H groups in total. The van der Waals surface area contributed by atoms with Gasteiger partial charge in [-0.2, -0.15) is 0 Å². The standard InChI is InChI=1S/C17H31NO3/c1-13-4-7-17(20,8-5-13)12-18-9-2-3-15(18)14-11-21-10-6-16(14)19/h13-16,19-20H,2-12H2,1H3/t13?,14-,15-,16+,17?/m1/s1. The molecule has 3 atom stereocenters. The lowest BCUT2D eigenvalue weighted by Gasteiger charge is -2.42. The van der Waals surface area contributed by atoms with Gasteiger partial charge in [-0.1, -0.05) is 6.92 Å². The van der Waals surface area contributed by atoms with Crippen LogP contribution in [0.15, 0.2) is 0 Å². The van der Waals surface area contributed by atoms with Crippen LogP contribution in [0.25, 0.3) is 0 Å². The van der Waals surface area contributed by atoms with Crippen LogP contribution in [0.1, 0.15) is 51.9 Å². The van der Waals surface area contributed by atoms with Crippen molar-refractivity contribution in [3.63, 3.8) is 0 Å². The Morgan fingerprint density at radius 3 is 2.67 bits per heavy atom. The molecule has 0 radical (unpaired) electrons. The zero-order valence-corrected chi connectivity index (χ0v) is 13.3. The Morgan fingerprint density at radius 2 is 1.95 bits per heavy atom. The highest BCUT2D eigenvalue weighted by molar-refractivity contribution is 4.95. The second-order valence-corrected chi connectivity index (χ2v) is 7.68. The van der Waals surface area contributed by atoms with Gasteiger partial charge >= 0.3 is 0 Å². The van der Waals surface area contributed by atoms with Crippen LogP contribution in [0.5, 0.6) is 0 Å². The van der Waals surface area contributed by atoms with Crippen LogP contribution in [0.2, 0.25) is 0 Å². The first-order chi connectivity index (χ1) is 10.1. The second kappa shape index (κ2) is 6.53. The summed E-state index contributed by atoms with van der Waals surface area (Å²) < 4.78 is 5.59. The van der Waals surface area contributed by atoms with Crippen molar-refractivity contribution in [2.75, 3.05) is 26.3 Å². The highest BCUT2D eigenvalue weighted by atomic mass is 16.5. The van der Waals surface area contributed by atoms with Crippen LogP contribution < -0.4 is 0 Å². The summed E-state index contributed by atoms with van der Waals surface area (Å²) in [6.45, 7) is 5.50. The Kier molecular flexibility index (Phi) is 4.89. The summed E-state index contributed by atoms with van der Waals surface area (Å²) in [4.78, 5) is 2.44. The summed E-state index contributed by atoms with van der Waals surface area (Å²) in [5.74, 6) is 0.987. The monoisotopic (exact) mass is 297 g/mol. The van der Waals surface area contributed by atoms with Gasteiger partial charge in [0.15, 0.2) is 0 Å². The molecule has 0 aromatic carbocycles. The molecule has 4 nitrogen and oxygen atoms in total. The van der Waals surface area contributed by atoms with Gasteiger partial charge in [0.2, 0.25) is 0 Å². The van der Waals surface area contributed by atoms with Crippen LogP contribution in [0, 0.1) is 11.8 Å². The number of aliphatic hydroxyl groups is 2. The van der Waals surface area contributed by atoms with Crippen molar-refractivity contribution in [2.24, 2.45) is 11.8 Å². The first kappa shape index (κ1) is 15.7. The lowest BCUT2D eigenvalue weighted by Crippen LogP contribution is -2.52. The molecular weight excluding hydrogens is 266 g/mol. The van der Waals surface area contributed by atoms with Gasteiger partial charge in [0.05, 0.1) is 18.3 Å². The summed E-state index contributed by atoms with van der Waals surface area (Å²) in [5, 5.41) is 21.2. The molecule has 0 amide bonds. The van der Waals surface area contributed by atoms with Crippen LogP contribution in [0.3, 0.4) is 0 Å². The third-order valence-electron chi connectivity index (χ3n) is 5.97. The Balaban J connectivity index is 1.61. The number of aliphatic hydroxyl groups excluding tert-OH is 1. The molecule has 122 valence electrons. The normalized spacial score (nSPS) is 45.9. The third kappa shape index (κ3) is 3.61. The van der Waals surface area contributed by atoms with Crippen molar-refractivity contribution in [3.8, 4) is 0 Å². The summed E-state index contributed by atoms with van der Waals surface area (Å²) in [7, 11) is 0. The van der Waals surface area contributed by atoms with E-state index in [0.717, 1.165) is 57.5 Å². The van der Waals surface area contributed by atoms with E-state index < -0.39 is 5.60 Å². The van der Waals surface area contributed by atoms with Crippen LogP contribution in [-0.2, 0) is 4.74 Å². The highest BCUT2D eigenvalue weighted by Crippen LogP contribution is 2.36. The molecule has 3 aliphatic rings. The summed E-state index contributed by atoms with van der Waals surface area (Å²) in [6.07, 6.45) is 7.00. The first-order valence-electron chi connectivity index (χ1n) is 8.80. The van der Waals surface area contributed by atoms with E-state index in [1.807, 2.05) is 0 Å². The summed E-state index contributed by atoms with van der Waals surface area (Å²) in [5.41, 5.74) is -0.504. The predicted octanol–water partition coefficient (Wildman–Crippen LogP) is 1.79. The molecule has 0 unspecified atom stereocenters. The number of ether oxygens (including phenoxy) is 1. The summed E-state index contributed by atoms with van der Waals surface area (Å²) >= 11 is 0. The smallest absolute Gasteiger partial charge is 0.0774 e. The topological polar surface area (TPSA) is 52.9 Å². The molecular formula is C17H31NO3. The van der Waals surface area contributed by atoms with Crippen molar-refractivity contribution >= 4 is 0 Å². The minimum absolute atomic E-state index is 0.229. The second-order valence-electron chi connectivity index (χ2n) is 7.68. The van der Waals surface area contributed by atoms with E-state index in [1.54, 1.807) is 0 Å². The molecule has 0 bridgehead atoms. The molecule has 1 aliphatic carbocycles. The molecule has 0 aromatic heterocycles. The molecule has 3 rings (SSSR count). The van der Waals surface area contributed by atoms with E-state index in [2.05, 4.69) is 11.8 Å². The van der Waals surface area contributed by atoms with Crippen LogP contribution in [-0.4, -0.2) is 59.2 Å². The molecule has 1 saturated carbocycles. The zero-order valence-electron chi connectivity index (χ0n) is 13.3. The van der Waals surface area contributed by atoms with Crippen molar-refractivity contribution in [2.45, 2.75) is 69.6 Å². The lowest BCUT2D eigenvalue weighted by molar-refractivity contribution is -0.0827. The first-order valence-corrected chi connectivity index (χ1v) is 8.80. The molecule has 2 aliphatic heterocycles. The van der Waals surface area contributed by atoms with Crippen LogP contribution in [0.4, 0.5) is 0 Å². The van der Waals surface area contributed by atoms with Crippen molar-refractivity contribution < 1.29 is 14.9 Å². The van der Waals surface area contributed by atoms with Gasteiger partial charge in [-0.05, 0) is 57.4 Å². The van der Waals surface area contributed by atoms with Crippen molar-refractivity contribution in [1.82, 2.24) is 4.90 Å². The maximum atomic E-state index is 10.9. The predicted molar refractivity (Wildman–Crippen MR) is 82.1 cm³/mol. The highest BCUT2D eigenvalue weighted by Gasteiger charge is 2.41. The average molecular weight is 297 g/mol. The van der Waals surface area contributed by atoms with Gasteiger partial charge in [-0.25, -0.2) is 0 Å². The lowest BCUT2D eigenvalue weighted by atomic mass is 9.79. The van der Waals surface area contributed by atoms with Gasteiger partial charge in [0.25, 0.3) is 0 Å². The van der Waals surface area contributed by atoms with Crippen molar-refractivity contribution in [1.29, 1.82) is 0 Å². The van der Waals surface area contributed by atoms with Gasteiger partial charge in [-0.3, -0.25) is 4.90 Å². The Bertz CT molecular complexity index is 341. The quantitative estimate of drug-likeness (QED) is 0.834. The molecule has 0 spiro atoms. The van der Waals surface area contributed by atoms with E-state index >= 15 is 0 Å². The molecule has 2 saturated heterocycles. The Labute approximate surface area is 128 Å². The number of likely N-dealkylation sites (tertiary alicyclic amines) is 1. The molecule has 21 heavy (non-hydrogen) atoms. The molecule has 3 fully saturated rings. The van der Waals surface area contributed by atoms with E-state index in [4.69, 9.17) is 4.74 Å². The van der Waals surface area contributed by atoms with Gasteiger partial charge in [0.1, 0.15) is 0 Å². The molecule has 4 heteroatoms. The number of nitrogens with zero attached hydrogens (tertiary/aromatic N) is 1. The largest absolute Gasteiger partial charge is 0.393 e. The van der Waals surface area contributed by atoms with Gasteiger partial charge < -0.3 is 14.9 Å². The van der Waals surface area contributed by atoms with E-state index in [-0.39, 0.29) is 12.0 Å². The number of hydrogen-bond donors (Lipinski definition) is 2. The summed E-state index contributed by atoms with van der Waals surface area (Å²) in [6, 6.07) is 0.392. The SMILES string of the molecule is CC1CCC(O)(CN2CCC[C@@H]2[C@H]2COCC[C@@H]2O)CC1. The average Bonchev–Trinajstić information content (AvgIpc) is 2.91. The fraction of sp³-hybridized carbons (Fsp3) is 1.00. The number of rotatable bonds is 3. The maximum absolute atomic E-state index is 10.9. The minimum atomic E-state index is -0.504. The van der Waals surface area contributed by atoms with E-state index in [9.17, 15) is 10.2 Å². The number of β-amino-alcohol motifs (C(OH)–C–C–N with tert-alkyl or cyclic N) is 1. The Morgan fingerprint density at radius 1 is 1.19 bits per heavy atom. The molecule has 2 heterocycles. The fourth-order valence-corrected chi connectivity index (χ4v) is 4.48. The maximum Gasteiger partial charge on any atom is 0.0774 e. The van der Waals surface area contributed by atoms with Crippen molar-refractivity contribution in [3.05, 3.63) is 0 Å². The van der Waals surface area contributed by atoms with Crippen LogP contribution >= 0.6 is 0 Å². The minimum Gasteiger partial charge on any atom is -0.393 e. The van der Waals surface area contributed by atoms with Gasteiger partial charge in [-0.15, -0.1) is 0 Å². The zero-order chi connectivity index (χ0) is 14.9. The van der Waals surface area contributed by atoms with E-state index in [1.165, 1.54) is 6.42 Å². The molecule has 0 aromatic rings. The third-order valence-corrected chi connectivity index (χ3v) is 5.97. The Hall–Kier alpha value is -0.160.